The van der Waals surface area contributed by atoms with Gasteiger partial charge in [-0.2, -0.15) is 9.97 Å². The Labute approximate surface area is 261 Å². The smallest absolute Gasteiger partial charge is 0.319 e. The Hall–Kier alpha value is -4.41. The summed E-state index contributed by atoms with van der Waals surface area (Å²) < 4.78 is 79.0. The van der Waals surface area contributed by atoms with E-state index in [2.05, 4.69) is 25.8 Å². The van der Waals surface area contributed by atoms with E-state index >= 15 is 4.39 Å². The van der Waals surface area contributed by atoms with Crippen LogP contribution in [0.5, 0.6) is 17.6 Å². The highest BCUT2D eigenvalue weighted by atomic mass is 19.1. The zero-order valence-corrected chi connectivity index (χ0v) is 24.6. The van der Waals surface area contributed by atoms with E-state index < -0.39 is 35.6 Å². The summed E-state index contributed by atoms with van der Waals surface area (Å²) in [6.07, 6.45) is 5.28. The van der Waals surface area contributed by atoms with Gasteiger partial charge in [0, 0.05) is 23.9 Å². The lowest BCUT2D eigenvalue weighted by Gasteiger charge is -2.31. The van der Waals surface area contributed by atoms with Gasteiger partial charge < -0.3 is 24.2 Å². The van der Waals surface area contributed by atoms with Crippen molar-refractivity contribution in [3.8, 4) is 41.2 Å². The van der Waals surface area contributed by atoms with Crippen molar-refractivity contribution in [2.75, 3.05) is 51.0 Å². The van der Waals surface area contributed by atoms with E-state index in [0.29, 0.717) is 18.4 Å². The van der Waals surface area contributed by atoms with E-state index in [9.17, 15) is 18.3 Å². The van der Waals surface area contributed by atoms with Crippen LogP contribution in [0.15, 0.2) is 24.3 Å². The van der Waals surface area contributed by atoms with Crippen molar-refractivity contribution in [3.05, 3.63) is 41.5 Å². The molecule has 9 nitrogen and oxygen atoms in total. The molecule has 4 aromatic rings. The number of hydrogen-bond acceptors (Lipinski definition) is 9. The molecule has 2 aromatic carbocycles. The van der Waals surface area contributed by atoms with Crippen LogP contribution in [0.4, 0.5) is 23.4 Å². The molecule has 0 unspecified atom stereocenters. The Morgan fingerprint density at radius 3 is 2.78 bits per heavy atom. The van der Waals surface area contributed by atoms with E-state index in [-0.39, 0.29) is 89.5 Å². The predicted molar refractivity (Wildman–Crippen MR) is 161 cm³/mol. The van der Waals surface area contributed by atoms with Crippen molar-refractivity contribution in [3.63, 3.8) is 0 Å². The highest BCUT2D eigenvalue weighted by molar-refractivity contribution is 6.04. The van der Waals surface area contributed by atoms with Gasteiger partial charge in [0.2, 0.25) is 5.88 Å². The molecule has 4 aliphatic heterocycles. The number of anilines is 1. The number of aromatic nitrogens is 3. The van der Waals surface area contributed by atoms with Gasteiger partial charge in [0.15, 0.2) is 5.82 Å². The number of phenols is 1. The zero-order chi connectivity index (χ0) is 31.7. The van der Waals surface area contributed by atoms with Crippen LogP contribution in [0, 0.1) is 24.0 Å². The van der Waals surface area contributed by atoms with Crippen LogP contribution in [0.3, 0.4) is 0 Å². The third kappa shape index (κ3) is 4.57. The molecule has 13 heteroatoms. The minimum atomic E-state index is -1.36. The van der Waals surface area contributed by atoms with Crippen LogP contribution in [-0.4, -0.2) is 94.9 Å². The lowest BCUT2D eigenvalue weighted by atomic mass is 9.95. The van der Waals surface area contributed by atoms with Gasteiger partial charge in [0.25, 0.3) is 0 Å². The molecule has 2 aromatic heterocycles. The molecule has 4 atom stereocenters. The molecule has 0 amide bonds. The summed E-state index contributed by atoms with van der Waals surface area (Å²) in [4.78, 5) is 17.4. The van der Waals surface area contributed by atoms with Gasteiger partial charge in [-0.15, -0.1) is 6.42 Å². The highest BCUT2D eigenvalue weighted by Crippen LogP contribution is 2.44. The number of terminal acetylenes is 1. The normalized spacial score (nSPS) is 25.9. The van der Waals surface area contributed by atoms with Crippen molar-refractivity contribution in [1.29, 1.82) is 0 Å². The quantitative estimate of drug-likeness (QED) is 0.253. The number of fused-ring (bicyclic) bond motifs is 4. The summed E-state index contributed by atoms with van der Waals surface area (Å²) in [7, 11) is 0. The topological polar surface area (TPSA) is 93.1 Å². The van der Waals surface area contributed by atoms with E-state index in [1.54, 1.807) is 4.90 Å². The molecule has 3 fully saturated rings. The van der Waals surface area contributed by atoms with Gasteiger partial charge >= 0.3 is 6.01 Å². The van der Waals surface area contributed by atoms with E-state index in [1.165, 1.54) is 24.3 Å². The Balaban J connectivity index is 1.34. The predicted octanol–water partition coefficient (Wildman–Crippen LogP) is 4.70. The van der Waals surface area contributed by atoms with Crippen LogP contribution < -0.4 is 14.4 Å². The first-order chi connectivity index (χ1) is 22.2. The van der Waals surface area contributed by atoms with Crippen LogP contribution in [0.1, 0.15) is 24.8 Å². The lowest BCUT2D eigenvalue weighted by molar-refractivity contribution is 0.0865. The summed E-state index contributed by atoms with van der Waals surface area (Å²) >= 11 is 0. The molecule has 46 heavy (non-hydrogen) atoms. The van der Waals surface area contributed by atoms with Gasteiger partial charge in [-0.05, 0) is 43.0 Å². The summed E-state index contributed by atoms with van der Waals surface area (Å²) in [5.74, 6) is 0.603. The Bertz CT molecular complexity index is 1940. The number of benzene rings is 2. The van der Waals surface area contributed by atoms with Crippen LogP contribution in [-0.2, 0) is 4.74 Å². The molecule has 0 radical (unpaired) electrons. The molecule has 8 rings (SSSR count). The third-order valence-corrected chi connectivity index (χ3v) is 9.52. The Morgan fingerprint density at radius 2 is 1.93 bits per heavy atom. The minimum absolute atomic E-state index is 0.00736. The Kier molecular flexibility index (Phi) is 6.84. The maximum absolute atomic E-state index is 16.9. The standard InChI is InChI=1S/C33H29F4N5O4/c1-2-22-24(36)5-4-17-8-21(43)9-23(25(17)22)28-27(37)29-26-30(42-12-19(35)13-44-14-20(42)15-45-31(26)38-28)40-32(39-29)46-16-33-6-3-7-41(33)11-18(34)10-33/h1,4-5,8-9,18-20,43H,3,6-7,10-16H2/t18-,19-,20+,33+/m1/s1. The number of pyridine rings is 1. The van der Waals surface area contributed by atoms with Crippen LogP contribution >= 0.6 is 0 Å². The summed E-state index contributed by atoms with van der Waals surface area (Å²) in [6.45, 7) is 1.06. The van der Waals surface area contributed by atoms with Gasteiger partial charge in [0.1, 0.15) is 59.5 Å². The number of phenolic OH excluding ortho intramolecular Hbond substituents is 1. The van der Waals surface area contributed by atoms with Crippen molar-refractivity contribution < 1.29 is 36.9 Å². The molecule has 1 N–H and O–H groups in total. The fourth-order valence-electron chi connectivity index (χ4n) is 7.47. The number of rotatable bonds is 4. The maximum atomic E-state index is 16.9. The maximum Gasteiger partial charge on any atom is 0.319 e. The zero-order valence-electron chi connectivity index (χ0n) is 24.6. The van der Waals surface area contributed by atoms with Crippen molar-refractivity contribution >= 4 is 27.5 Å². The number of alkyl halides is 2. The van der Waals surface area contributed by atoms with Crippen molar-refractivity contribution in [2.24, 2.45) is 0 Å². The lowest BCUT2D eigenvalue weighted by Crippen LogP contribution is -2.44. The average Bonchev–Trinajstić information content (AvgIpc) is 3.43. The summed E-state index contributed by atoms with van der Waals surface area (Å²) in [5, 5.41) is 11.2. The SMILES string of the molecule is C#Cc1c(F)ccc2cc(O)cc(-c3nc4c5c(nc(OC[C@@]67CCCN6C[C@H](F)C7)nc5c3F)N3C[C@@H](F)COC[C@H]3CO4)c12. The fourth-order valence-corrected chi connectivity index (χ4v) is 7.47. The van der Waals surface area contributed by atoms with E-state index in [4.69, 9.17) is 20.6 Å². The largest absolute Gasteiger partial charge is 0.508 e. The first-order valence-electron chi connectivity index (χ1n) is 15.2. The van der Waals surface area contributed by atoms with E-state index in [1.807, 2.05) is 0 Å². The van der Waals surface area contributed by atoms with E-state index in [0.717, 1.165) is 19.4 Å². The molecule has 6 heterocycles. The second-order valence-electron chi connectivity index (χ2n) is 12.4. The first-order valence-corrected chi connectivity index (χ1v) is 15.2. The third-order valence-electron chi connectivity index (χ3n) is 9.52. The van der Waals surface area contributed by atoms with Crippen molar-refractivity contribution in [1.82, 2.24) is 19.9 Å². The molecule has 0 spiro atoms. The second-order valence-corrected chi connectivity index (χ2v) is 12.4. The minimum Gasteiger partial charge on any atom is -0.508 e. The first kappa shape index (κ1) is 29.0. The monoisotopic (exact) mass is 635 g/mol. The fraction of sp³-hybridized carbons (Fsp3) is 0.424. The summed E-state index contributed by atoms with van der Waals surface area (Å²) in [6, 6.07) is 4.56. The van der Waals surface area contributed by atoms with Gasteiger partial charge in [-0.25, -0.2) is 22.5 Å². The van der Waals surface area contributed by atoms with Gasteiger partial charge in [-0.3, -0.25) is 4.90 Å². The molecule has 238 valence electrons. The molecular weight excluding hydrogens is 606 g/mol. The molecule has 0 aliphatic carbocycles. The molecule has 0 saturated carbocycles. The highest BCUT2D eigenvalue weighted by Gasteiger charge is 2.49. The molecular formula is C33H29F4N5O4. The number of hydrogen-bond donors (Lipinski definition) is 1. The van der Waals surface area contributed by atoms with Crippen LogP contribution in [0.2, 0.25) is 0 Å². The Morgan fingerprint density at radius 1 is 1.07 bits per heavy atom. The molecule has 3 saturated heterocycles. The summed E-state index contributed by atoms with van der Waals surface area (Å²) in [5.41, 5.74) is -1.16. The second kappa shape index (κ2) is 10.8. The van der Waals surface area contributed by atoms with Gasteiger partial charge in [-0.1, -0.05) is 12.0 Å². The van der Waals surface area contributed by atoms with Gasteiger partial charge in [0.05, 0.1) is 36.9 Å². The van der Waals surface area contributed by atoms with Crippen molar-refractivity contribution in [2.45, 2.75) is 43.2 Å². The van der Waals surface area contributed by atoms with Crippen LogP contribution in [0.25, 0.3) is 32.9 Å². The number of aromatic hydroxyl groups is 1. The number of nitrogens with zero attached hydrogens (tertiary/aromatic N) is 5. The number of ether oxygens (including phenoxy) is 3. The molecule has 4 aliphatic rings. The number of halogens is 4. The average molecular weight is 636 g/mol. The molecule has 0 bridgehead atoms.